The molecule has 0 aromatic heterocycles. The summed E-state index contributed by atoms with van der Waals surface area (Å²) in [5, 5.41) is 0. The third kappa shape index (κ3) is 3.29. The van der Waals surface area contributed by atoms with Crippen LogP contribution >= 0.6 is 0 Å². The lowest BCUT2D eigenvalue weighted by molar-refractivity contribution is 0.0632. The van der Waals surface area contributed by atoms with Gasteiger partial charge in [0.05, 0.1) is 12.8 Å². The van der Waals surface area contributed by atoms with Gasteiger partial charge in [-0.25, -0.2) is 0 Å². The summed E-state index contributed by atoms with van der Waals surface area (Å²) in [4.78, 5) is 16.9. The van der Waals surface area contributed by atoms with E-state index in [4.69, 9.17) is 10.5 Å². The predicted molar refractivity (Wildman–Crippen MR) is 82.5 cm³/mol. The van der Waals surface area contributed by atoms with Crippen LogP contribution in [0.4, 0.5) is 5.69 Å². The standard InChI is InChI=1S/C16H23N3O2/c1-21-15-5-4-13(10-14(15)17)16(20)19-8-6-18(7-9-19)11-12-2-3-12/h4-5,10,12H,2-3,6-9,11,17H2,1H3. The Morgan fingerprint density at radius 3 is 2.57 bits per heavy atom. The van der Waals surface area contributed by atoms with E-state index in [1.54, 1.807) is 25.3 Å². The molecule has 0 atom stereocenters. The lowest BCUT2D eigenvalue weighted by Gasteiger charge is -2.34. The lowest BCUT2D eigenvalue weighted by atomic mass is 10.1. The summed E-state index contributed by atoms with van der Waals surface area (Å²) in [6, 6.07) is 5.25. The summed E-state index contributed by atoms with van der Waals surface area (Å²) in [5.74, 6) is 1.59. The summed E-state index contributed by atoms with van der Waals surface area (Å²) in [5.41, 5.74) is 7.03. The molecule has 1 saturated carbocycles. The Morgan fingerprint density at radius 1 is 1.29 bits per heavy atom. The molecule has 0 spiro atoms. The molecule has 2 N–H and O–H groups in total. The van der Waals surface area contributed by atoms with E-state index in [1.807, 2.05) is 4.90 Å². The van der Waals surface area contributed by atoms with E-state index >= 15 is 0 Å². The molecule has 0 radical (unpaired) electrons. The highest BCUT2D eigenvalue weighted by Gasteiger charge is 2.28. The van der Waals surface area contributed by atoms with E-state index in [-0.39, 0.29) is 5.91 Å². The van der Waals surface area contributed by atoms with Crippen molar-refractivity contribution >= 4 is 11.6 Å². The SMILES string of the molecule is COc1ccc(C(=O)N2CCN(CC3CC3)CC2)cc1N. The van der Waals surface area contributed by atoms with Gasteiger partial charge >= 0.3 is 0 Å². The molecule has 1 aromatic carbocycles. The van der Waals surface area contributed by atoms with Crippen LogP contribution in [0.5, 0.6) is 5.75 Å². The minimum Gasteiger partial charge on any atom is -0.495 e. The van der Waals surface area contributed by atoms with Crippen LogP contribution in [0.25, 0.3) is 0 Å². The van der Waals surface area contributed by atoms with Crippen molar-refractivity contribution in [1.82, 2.24) is 9.80 Å². The first kappa shape index (κ1) is 14.2. The smallest absolute Gasteiger partial charge is 0.254 e. The maximum Gasteiger partial charge on any atom is 0.254 e. The first-order chi connectivity index (χ1) is 10.2. The monoisotopic (exact) mass is 289 g/mol. The van der Waals surface area contributed by atoms with Crippen molar-refractivity contribution in [3.05, 3.63) is 23.8 Å². The number of hydrogen-bond acceptors (Lipinski definition) is 4. The Labute approximate surface area is 125 Å². The molecule has 2 aliphatic rings. The molecule has 1 aliphatic heterocycles. The first-order valence-electron chi connectivity index (χ1n) is 7.62. The maximum absolute atomic E-state index is 12.5. The first-order valence-corrected chi connectivity index (χ1v) is 7.62. The zero-order valence-electron chi connectivity index (χ0n) is 12.5. The number of methoxy groups -OCH3 is 1. The van der Waals surface area contributed by atoms with E-state index in [2.05, 4.69) is 4.90 Å². The van der Waals surface area contributed by atoms with Gasteiger partial charge in [0.1, 0.15) is 5.75 Å². The van der Waals surface area contributed by atoms with Crippen LogP contribution < -0.4 is 10.5 Å². The van der Waals surface area contributed by atoms with Gasteiger partial charge in [0, 0.05) is 38.3 Å². The average Bonchev–Trinajstić information content (AvgIpc) is 3.31. The van der Waals surface area contributed by atoms with E-state index in [0.29, 0.717) is 17.0 Å². The van der Waals surface area contributed by atoms with Crippen molar-refractivity contribution in [3.63, 3.8) is 0 Å². The quantitative estimate of drug-likeness (QED) is 0.852. The normalized spacial score (nSPS) is 19.6. The maximum atomic E-state index is 12.5. The fraction of sp³-hybridized carbons (Fsp3) is 0.562. The van der Waals surface area contributed by atoms with Crippen LogP contribution in [0, 0.1) is 5.92 Å². The molecular weight excluding hydrogens is 266 g/mol. The van der Waals surface area contributed by atoms with E-state index in [9.17, 15) is 4.79 Å². The van der Waals surface area contributed by atoms with E-state index < -0.39 is 0 Å². The molecule has 3 rings (SSSR count). The highest BCUT2D eigenvalue weighted by atomic mass is 16.5. The van der Waals surface area contributed by atoms with Gasteiger partial charge in [-0.2, -0.15) is 0 Å². The molecule has 1 aromatic rings. The van der Waals surface area contributed by atoms with Gasteiger partial charge in [-0.1, -0.05) is 0 Å². The lowest BCUT2D eigenvalue weighted by Crippen LogP contribution is -2.49. The van der Waals surface area contributed by atoms with Crippen molar-refractivity contribution in [2.24, 2.45) is 5.92 Å². The molecule has 1 heterocycles. The number of benzene rings is 1. The fourth-order valence-electron chi connectivity index (χ4n) is 2.85. The number of anilines is 1. The third-order valence-corrected chi connectivity index (χ3v) is 4.35. The summed E-state index contributed by atoms with van der Waals surface area (Å²) in [7, 11) is 1.58. The molecule has 2 fully saturated rings. The highest BCUT2D eigenvalue weighted by molar-refractivity contribution is 5.95. The van der Waals surface area contributed by atoms with Crippen molar-refractivity contribution in [3.8, 4) is 5.75 Å². The number of amides is 1. The van der Waals surface area contributed by atoms with E-state index in [0.717, 1.165) is 32.1 Å². The zero-order valence-corrected chi connectivity index (χ0v) is 12.5. The van der Waals surface area contributed by atoms with Gasteiger partial charge < -0.3 is 15.4 Å². The number of hydrogen-bond donors (Lipinski definition) is 1. The van der Waals surface area contributed by atoms with Crippen LogP contribution in [0.1, 0.15) is 23.2 Å². The minimum atomic E-state index is 0.0652. The number of carbonyl (C=O) groups excluding carboxylic acids is 1. The van der Waals surface area contributed by atoms with Crippen LogP contribution in [0.15, 0.2) is 18.2 Å². The highest BCUT2D eigenvalue weighted by Crippen LogP contribution is 2.30. The molecule has 5 heteroatoms. The molecule has 114 valence electrons. The predicted octanol–water partition coefficient (Wildman–Crippen LogP) is 1.45. The third-order valence-electron chi connectivity index (χ3n) is 4.35. The second kappa shape index (κ2) is 5.93. The van der Waals surface area contributed by atoms with Crippen LogP contribution in [-0.2, 0) is 0 Å². The van der Waals surface area contributed by atoms with Gasteiger partial charge in [-0.05, 0) is 37.0 Å². The fourth-order valence-corrected chi connectivity index (χ4v) is 2.85. The molecular formula is C16H23N3O2. The Balaban J connectivity index is 1.59. The number of nitrogens with two attached hydrogens (primary N) is 1. The van der Waals surface area contributed by atoms with Crippen molar-refractivity contribution < 1.29 is 9.53 Å². The van der Waals surface area contributed by atoms with Crippen LogP contribution in [-0.4, -0.2) is 55.5 Å². The van der Waals surface area contributed by atoms with Crippen molar-refractivity contribution in [2.75, 3.05) is 45.6 Å². The second-order valence-electron chi connectivity index (χ2n) is 5.99. The van der Waals surface area contributed by atoms with Gasteiger partial charge in [0.25, 0.3) is 5.91 Å². The summed E-state index contributed by atoms with van der Waals surface area (Å²) in [6.45, 7) is 4.77. The molecule has 21 heavy (non-hydrogen) atoms. The summed E-state index contributed by atoms with van der Waals surface area (Å²) >= 11 is 0. The Hall–Kier alpha value is -1.75. The van der Waals surface area contributed by atoms with Gasteiger partial charge in [0.2, 0.25) is 0 Å². The Morgan fingerprint density at radius 2 is 2.00 bits per heavy atom. The zero-order chi connectivity index (χ0) is 14.8. The van der Waals surface area contributed by atoms with Gasteiger partial charge in [0.15, 0.2) is 0 Å². The Kier molecular flexibility index (Phi) is 4.01. The topological polar surface area (TPSA) is 58.8 Å². The van der Waals surface area contributed by atoms with Crippen LogP contribution in [0.3, 0.4) is 0 Å². The number of piperazine rings is 1. The molecule has 1 saturated heterocycles. The largest absolute Gasteiger partial charge is 0.495 e. The number of nitrogen functional groups attached to an aromatic ring is 1. The molecule has 5 nitrogen and oxygen atoms in total. The second-order valence-corrected chi connectivity index (χ2v) is 5.99. The number of rotatable bonds is 4. The van der Waals surface area contributed by atoms with Gasteiger partial charge in [-0.3, -0.25) is 9.69 Å². The average molecular weight is 289 g/mol. The molecule has 1 aliphatic carbocycles. The Bertz CT molecular complexity index is 520. The van der Waals surface area contributed by atoms with Crippen molar-refractivity contribution in [2.45, 2.75) is 12.8 Å². The number of ether oxygens (including phenoxy) is 1. The summed E-state index contributed by atoms with van der Waals surface area (Å²) < 4.78 is 5.13. The molecule has 0 unspecified atom stereocenters. The molecule has 1 amide bonds. The number of carbonyl (C=O) groups is 1. The van der Waals surface area contributed by atoms with Crippen LogP contribution in [0.2, 0.25) is 0 Å². The van der Waals surface area contributed by atoms with E-state index in [1.165, 1.54) is 19.4 Å². The van der Waals surface area contributed by atoms with Crippen molar-refractivity contribution in [1.29, 1.82) is 0 Å². The van der Waals surface area contributed by atoms with Gasteiger partial charge in [-0.15, -0.1) is 0 Å². The summed E-state index contributed by atoms with van der Waals surface area (Å²) in [6.07, 6.45) is 2.76. The number of nitrogens with zero attached hydrogens (tertiary/aromatic N) is 2. The molecule has 0 bridgehead atoms. The minimum absolute atomic E-state index is 0.0652.